The lowest BCUT2D eigenvalue weighted by Gasteiger charge is -2.16. The lowest BCUT2D eigenvalue weighted by Crippen LogP contribution is -2.35. The van der Waals surface area contributed by atoms with E-state index in [1.807, 2.05) is 0 Å². The number of nitrogens with one attached hydrogen (secondary N) is 3. The van der Waals surface area contributed by atoms with E-state index in [0.717, 1.165) is 6.20 Å². The van der Waals surface area contributed by atoms with E-state index in [0.29, 0.717) is 29.6 Å². The van der Waals surface area contributed by atoms with Gasteiger partial charge in [0.1, 0.15) is 12.3 Å². The average Bonchev–Trinajstić information content (AvgIpc) is 3.43. The molecule has 32 heavy (non-hydrogen) atoms. The summed E-state index contributed by atoms with van der Waals surface area (Å²) in [6, 6.07) is 1.64. The number of anilines is 2. The van der Waals surface area contributed by atoms with E-state index in [2.05, 4.69) is 30.8 Å². The van der Waals surface area contributed by atoms with Crippen LogP contribution in [0.3, 0.4) is 0 Å². The van der Waals surface area contributed by atoms with E-state index in [4.69, 9.17) is 9.47 Å². The van der Waals surface area contributed by atoms with Crippen LogP contribution >= 0.6 is 0 Å². The van der Waals surface area contributed by atoms with E-state index in [-0.39, 0.29) is 30.6 Å². The first-order chi connectivity index (χ1) is 15.3. The minimum absolute atomic E-state index is 0.0911. The maximum absolute atomic E-state index is 14.4. The Balaban J connectivity index is 1.46. The number of imidazole rings is 1. The molecule has 0 aliphatic heterocycles. The highest BCUT2D eigenvalue weighted by atomic mass is 19.1. The van der Waals surface area contributed by atoms with Gasteiger partial charge in [0, 0.05) is 37.0 Å². The number of fused-ring (bicyclic) bond motifs is 1. The Hall–Kier alpha value is -3.28. The van der Waals surface area contributed by atoms with Crippen LogP contribution in [0.25, 0.3) is 5.65 Å². The largest absolute Gasteiger partial charge is 0.443 e. The van der Waals surface area contributed by atoms with Gasteiger partial charge in [0.15, 0.2) is 17.3 Å². The molecule has 172 valence electrons. The number of aromatic nitrogens is 5. The van der Waals surface area contributed by atoms with E-state index < -0.39 is 24.2 Å². The first-order valence-electron chi connectivity index (χ1n) is 10.3. The molecule has 10 nitrogen and oxygen atoms in total. The van der Waals surface area contributed by atoms with Gasteiger partial charge in [-0.2, -0.15) is 5.10 Å². The summed E-state index contributed by atoms with van der Waals surface area (Å²) in [6.45, 7) is 3.84. The molecular formula is C20H25F2N7O3. The molecule has 0 unspecified atom stereocenters. The highest BCUT2D eigenvalue weighted by Crippen LogP contribution is 2.38. The molecule has 3 aromatic heterocycles. The molecule has 1 aliphatic rings. The third kappa shape index (κ3) is 4.64. The summed E-state index contributed by atoms with van der Waals surface area (Å²) < 4.78 is 40.3. The molecule has 1 fully saturated rings. The number of carbonyl (C=O) groups excluding carboxylic acids is 1. The summed E-state index contributed by atoms with van der Waals surface area (Å²) in [6.07, 6.45) is 0.545. The molecule has 12 heteroatoms. The van der Waals surface area contributed by atoms with Crippen molar-refractivity contribution >= 4 is 23.5 Å². The number of hydrogen-bond donors (Lipinski definition) is 3. The van der Waals surface area contributed by atoms with Crippen molar-refractivity contribution in [2.45, 2.75) is 57.5 Å². The van der Waals surface area contributed by atoms with Crippen LogP contribution in [0.5, 0.6) is 0 Å². The lowest BCUT2D eigenvalue weighted by atomic mass is 10.0. The SMILES string of the molecule is COCc1cn2c(Nc3cc([C@H]4C[C@@H](F)[C@@H](OC(=O)NC(C)C)C4)[nH]n3)ncc(F)c2n1. The van der Waals surface area contributed by atoms with Crippen molar-refractivity contribution in [1.29, 1.82) is 0 Å². The minimum atomic E-state index is -1.26. The number of aromatic amines is 1. The quantitative estimate of drug-likeness (QED) is 0.507. The number of ether oxygens (including phenoxy) is 2. The summed E-state index contributed by atoms with van der Waals surface area (Å²) in [5.74, 6) is -0.00357. The zero-order chi connectivity index (χ0) is 22.8. The van der Waals surface area contributed by atoms with Crippen molar-refractivity contribution in [2.75, 3.05) is 12.4 Å². The second-order valence-electron chi connectivity index (χ2n) is 8.05. The van der Waals surface area contributed by atoms with Gasteiger partial charge in [0.25, 0.3) is 0 Å². The molecular weight excluding hydrogens is 424 g/mol. The van der Waals surface area contributed by atoms with Crippen LogP contribution in [0, 0.1) is 5.82 Å². The Morgan fingerprint density at radius 1 is 1.41 bits per heavy atom. The molecule has 0 bridgehead atoms. The van der Waals surface area contributed by atoms with Crippen LogP contribution in [0.15, 0.2) is 18.5 Å². The number of alkyl halides is 1. The molecule has 1 amide bonds. The predicted molar refractivity (Wildman–Crippen MR) is 111 cm³/mol. The van der Waals surface area contributed by atoms with Gasteiger partial charge in [-0.25, -0.2) is 23.5 Å². The van der Waals surface area contributed by atoms with Crippen molar-refractivity contribution in [1.82, 2.24) is 29.9 Å². The summed E-state index contributed by atoms with van der Waals surface area (Å²) >= 11 is 0. The molecule has 0 spiro atoms. The Morgan fingerprint density at radius 3 is 2.97 bits per heavy atom. The van der Waals surface area contributed by atoms with Crippen LogP contribution in [-0.2, 0) is 16.1 Å². The third-order valence-corrected chi connectivity index (χ3v) is 5.16. The van der Waals surface area contributed by atoms with Crippen LogP contribution < -0.4 is 10.6 Å². The zero-order valence-corrected chi connectivity index (χ0v) is 17.9. The first kappa shape index (κ1) is 21.9. The highest BCUT2D eigenvalue weighted by molar-refractivity contribution is 5.67. The van der Waals surface area contributed by atoms with Crippen LogP contribution in [0.1, 0.15) is 44.0 Å². The Labute approximate surface area is 182 Å². The molecule has 3 N–H and O–H groups in total. The second-order valence-corrected chi connectivity index (χ2v) is 8.05. The van der Waals surface area contributed by atoms with E-state index in [9.17, 15) is 13.6 Å². The molecule has 1 saturated carbocycles. The maximum Gasteiger partial charge on any atom is 0.407 e. The number of methoxy groups -OCH3 is 1. The second kappa shape index (κ2) is 9.07. The van der Waals surface area contributed by atoms with Crippen molar-refractivity contribution in [2.24, 2.45) is 0 Å². The molecule has 0 aromatic carbocycles. The first-order valence-corrected chi connectivity index (χ1v) is 10.3. The predicted octanol–water partition coefficient (Wildman–Crippen LogP) is 3.20. The maximum atomic E-state index is 14.4. The number of alkyl carbamates (subject to hydrolysis) is 1. The Bertz CT molecular complexity index is 1100. The smallest absolute Gasteiger partial charge is 0.407 e. The third-order valence-electron chi connectivity index (χ3n) is 5.16. The zero-order valence-electron chi connectivity index (χ0n) is 17.9. The summed E-state index contributed by atoms with van der Waals surface area (Å²) in [4.78, 5) is 20.1. The van der Waals surface area contributed by atoms with E-state index in [1.165, 1.54) is 11.5 Å². The van der Waals surface area contributed by atoms with Gasteiger partial charge in [-0.1, -0.05) is 0 Å². The van der Waals surface area contributed by atoms with Gasteiger partial charge < -0.3 is 20.1 Å². The molecule has 3 aromatic rings. The van der Waals surface area contributed by atoms with Crippen molar-refractivity contribution in [3.8, 4) is 0 Å². The average molecular weight is 449 g/mol. The molecule has 0 radical (unpaired) electrons. The summed E-state index contributed by atoms with van der Waals surface area (Å²) in [5, 5.41) is 12.7. The standard InChI is InChI=1S/C20H25F2N7O3/c1-10(2)24-20(30)32-16-5-11(4-13(16)21)15-6-17(28-27-15)26-19-23-7-14(22)18-25-12(9-31-3)8-29(18)19/h6-8,10-11,13,16H,4-5,9H2,1-3H3,(H,24,30)(H2,23,26,27,28)/t11-,13+,16-/m0/s1. The molecule has 3 heterocycles. The van der Waals surface area contributed by atoms with Crippen LogP contribution in [-0.4, -0.2) is 56.1 Å². The van der Waals surface area contributed by atoms with Gasteiger partial charge >= 0.3 is 6.09 Å². The van der Waals surface area contributed by atoms with Crippen molar-refractivity contribution < 1.29 is 23.0 Å². The number of hydrogen-bond acceptors (Lipinski definition) is 7. The Morgan fingerprint density at radius 2 is 2.22 bits per heavy atom. The minimum Gasteiger partial charge on any atom is -0.443 e. The fourth-order valence-corrected chi connectivity index (χ4v) is 3.76. The molecule has 1 aliphatic carbocycles. The summed E-state index contributed by atoms with van der Waals surface area (Å²) in [5.41, 5.74) is 1.37. The molecule has 4 rings (SSSR count). The fourth-order valence-electron chi connectivity index (χ4n) is 3.76. The van der Waals surface area contributed by atoms with Gasteiger partial charge in [-0.05, 0) is 26.7 Å². The number of carbonyl (C=O) groups is 1. The van der Waals surface area contributed by atoms with Gasteiger partial charge in [-0.3, -0.25) is 9.50 Å². The van der Waals surface area contributed by atoms with Gasteiger partial charge in [0.05, 0.1) is 18.5 Å². The monoisotopic (exact) mass is 449 g/mol. The normalized spacial score (nSPS) is 20.8. The van der Waals surface area contributed by atoms with Crippen LogP contribution in [0.2, 0.25) is 0 Å². The number of nitrogens with zero attached hydrogens (tertiary/aromatic N) is 4. The molecule has 3 atom stereocenters. The Kier molecular flexibility index (Phi) is 6.21. The van der Waals surface area contributed by atoms with Gasteiger partial charge in [0.2, 0.25) is 5.95 Å². The highest BCUT2D eigenvalue weighted by Gasteiger charge is 2.38. The van der Waals surface area contributed by atoms with Gasteiger partial charge in [-0.15, -0.1) is 0 Å². The van der Waals surface area contributed by atoms with Crippen LogP contribution in [0.4, 0.5) is 25.3 Å². The van der Waals surface area contributed by atoms with Crippen molar-refractivity contribution in [3.63, 3.8) is 0 Å². The number of H-pyrrole nitrogens is 1. The van der Waals surface area contributed by atoms with Crippen molar-refractivity contribution in [3.05, 3.63) is 35.7 Å². The van der Waals surface area contributed by atoms with E-state index >= 15 is 0 Å². The number of amides is 1. The van der Waals surface area contributed by atoms with E-state index in [1.54, 1.807) is 26.1 Å². The number of rotatable bonds is 7. The summed E-state index contributed by atoms with van der Waals surface area (Å²) in [7, 11) is 1.53. The fraction of sp³-hybridized carbons (Fsp3) is 0.500. The number of halogens is 2. The molecule has 0 saturated heterocycles. The lowest BCUT2D eigenvalue weighted by molar-refractivity contribution is 0.0593. The topological polar surface area (TPSA) is 118 Å².